The van der Waals surface area contributed by atoms with Gasteiger partial charge in [0.15, 0.2) is 0 Å². The lowest BCUT2D eigenvalue weighted by Crippen LogP contribution is -2.44. The Labute approximate surface area is 106 Å². The van der Waals surface area contributed by atoms with E-state index in [9.17, 15) is 0 Å². The van der Waals surface area contributed by atoms with Gasteiger partial charge in [-0.1, -0.05) is 6.92 Å². The van der Waals surface area contributed by atoms with Crippen molar-refractivity contribution in [2.75, 3.05) is 26.8 Å². The summed E-state index contributed by atoms with van der Waals surface area (Å²) in [7, 11) is 1.80. The van der Waals surface area contributed by atoms with E-state index < -0.39 is 0 Å². The summed E-state index contributed by atoms with van der Waals surface area (Å²) in [6.45, 7) is 7.89. The molecule has 2 aliphatic rings. The summed E-state index contributed by atoms with van der Waals surface area (Å²) in [5, 5.41) is 3.65. The maximum Gasteiger partial charge on any atom is 0.0589 e. The molecular weight excluding hydrogens is 212 g/mol. The molecule has 0 heterocycles. The Morgan fingerprint density at radius 3 is 2.47 bits per heavy atom. The molecule has 3 nitrogen and oxygen atoms in total. The molecule has 3 heteroatoms. The highest BCUT2D eigenvalue weighted by molar-refractivity contribution is 4.90. The number of nitrogens with one attached hydrogen (secondary N) is 1. The molecule has 2 unspecified atom stereocenters. The topological polar surface area (TPSA) is 24.5 Å². The zero-order valence-corrected chi connectivity index (χ0v) is 11.6. The van der Waals surface area contributed by atoms with Crippen LogP contribution in [-0.2, 0) is 4.74 Å². The second-order valence-electron chi connectivity index (χ2n) is 5.86. The summed E-state index contributed by atoms with van der Waals surface area (Å²) >= 11 is 0. The number of ether oxygens (including phenoxy) is 1. The average Bonchev–Trinajstić information content (AvgIpc) is 3.16. The predicted molar refractivity (Wildman–Crippen MR) is 71.3 cm³/mol. The number of nitrogens with zero attached hydrogens (tertiary/aromatic N) is 1. The van der Waals surface area contributed by atoms with Crippen LogP contribution >= 0.6 is 0 Å². The lowest BCUT2D eigenvalue weighted by atomic mass is 10.0. The molecule has 0 spiro atoms. The summed E-state index contributed by atoms with van der Waals surface area (Å²) < 4.78 is 5.23. The number of hydrogen-bond donors (Lipinski definition) is 1. The van der Waals surface area contributed by atoms with E-state index in [4.69, 9.17) is 4.74 Å². The number of methoxy groups -OCH3 is 1. The molecule has 0 aliphatic heterocycles. The largest absolute Gasteiger partial charge is 0.383 e. The maximum absolute atomic E-state index is 5.23. The minimum absolute atomic E-state index is 0.670. The van der Waals surface area contributed by atoms with E-state index in [-0.39, 0.29) is 0 Å². The van der Waals surface area contributed by atoms with Gasteiger partial charge in [0.25, 0.3) is 0 Å². The van der Waals surface area contributed by atoms with Crippen LogP contribution in [0.5, 0.6) is 0 Å². The molecule has 2 saturated carbocycles. The first-order valence-corrected chi connectivity index (χ1v) is 7.20. The van der Waals surface area contributed by atoms with E-state index >= 15 is 0 Å². The maximum atomic E-state index is 5.23. The van der Waals surface area contributed by atoms with Crippen LogP contribution in [0.15, 0.2) is 0 Å². The standard InChI is InChI=1S/C14H28N2O/c1-11(10-15-13-4-5-13)12(2)16(8-9-17-3)14-6-7-14/h11-15H,4-10H2,1-3H3. The van der Waals surface area contributed by atoms with Crippen molar-refractivity contribution in [3.05, 3.63) is 0 Å². The van der Waals surface area contributed by atoms with Crippen LogP contribution < -0.4 is 5.32 Å². The molecule has 0 aromatic heterocycles. The Kier molecular flexibility index (Phi) is 4.83. The van der Waals surface area contributed by atoms with Crippen LogP contribution in [0.3, 0.4) is 0 Å². The average molecular weight is 240 g/mol. The molecule has 0 bridgehead atoms. The Morgan fingerprint density at radius 1 is 1.24 bits per heavy atom. The van der Waals surface area contributed by atoms with Crippen molar-refractivity contribution >= 4 is 0 Å². The molecule has 0 aromatic carbocycles. The first-order valence-electron chi connectivity index (χ1n) is 7.20. The van der Waals surface area contributed by atoms with Crippen molar-refractivity contribution in [2.45, 2.75) is 57.7 Å². The summed E-state index contributed by atoms with van der Waals surface area (Å²) in [5.41, 5.74) is 0. The number of hydrogen-bond acceptors (Lipinski definition) is 3. The Hall–Kier alpha value is -0.120. The summed E-state index contributed by atoms with van der Waals surface area (Å²) in [6.07, 6.45) is 5.54. The Bertz CT molecular complexity index is 226. The highest BCUT2D eigenvalue weighted by atomic mass is 16.5. The quantitative estimate of drug-likeness (QED) is 0.666. The molecule has 1 N–H and O–H groups in total. The third-order valence-corrected chi connectivity index (χ3v) is 4.22. The molecule has 17 heavy (non-hydrogen) atoms. The van der Waals surface area contributed by atoms with Crippen LogP contribution in [-0.4, -0.2) is 49.8 Å². The van der Waals surface area contributed by atoms with Gasteiger partial charge in [0.05, 0.1) is 6.61 Å². The van der Waals surface area contributed by atoms with E-state index in [1.165, 1.54) is 32.2 Å². The fourth-order valence-electron chi connectivity index (χ4n) is 2.46. The van der Waals surface area contributed by atoms with Gasteiger partial charge in [0.2, 0.25) is 0 Å². The lowest BCUT2D eigenvalue weighted by molar-refractivity contribution is 0.0974. The van der Waals surface area contributed by atoms with Gasteiger partial charge in [0.1, 0.15) is 0 Å². The monoisotopic (exact) mass is 240 g/mol. The number of rotatable bonds is 9. The van der Waals surface area contributed by atoms with E-state index in [2.05, 4.69) is 24.1 Å². The van der Waals surface area contributed by atoms with Crippen LogP contribution in [0.25, 0.3) is 0 Å². The van der Waals surface area contributed by atoms with Crippen LogP contribution in [0, 0.1) is 5.92 Å². The molecule has 2 atom stereocenters. The fraction of sp³-hybridized carbons (Fsp3) is 1.00. The van der Waals surface area contributed by atoms with Crippen molar-refractivity contribution < 1.29 is 4.74 Å². The molecule has 0 amide bonds. The van der Waals surface area contributed by atoms with Crippen LogP contribution in [0.2, 0.25) is 0 Å². The summed E-state index contributed by atoms with van der Waals surface area (Å²) in [5.74, 6) is 0.730. The van der Waals surface area contributed by atoms with Crippen molar-refractivity contribution in [2.24, 2.45) is 5.92 Å². The zero-order valence-electron chi connectivity index (χ0n) is 11.6. The normalized spacial score (nSPS) is 24.0. The minimum atomic E-state index is 0.670. The van der Waals surface area contributed by atoms with E-state index in [1.807, 2.05) is 0 Å². The van der Waals surface area contributed by atoms with Gasteiger partial charge < -0.3 is 10.1 Å². The van der Waals surface area contributed by atoms with E-state index in [1.54, 1.807) is 7.11 Å². The van der Waals surface area contributed by atoms with E-state index in [0.29, 0.717) is 6.04 Å². The van der Waals surface area contributed by atoms with Gasteiger partial charge in [-0.2, -0.15) is 0 Å². The highest BCUT2D eigenvalue weighted by Gasteiger charge is 2.34. The van der Waals surface area contributed by atoms with E-state index in [0.717, 1.165) is 31.2 Å². The second kappa shape index (κ2) is 6.17. The molecule has 100 valence electrons. The summed E-state index contributed by atoms with van der Waals surface area (Å²) in [4.78, 5) is 2.66. The molecule has 2 rings (SSSR count). The molecule has 0 saturated heterocycles. The third-order valence-electron chi connectivity index (χ3n) is 4.22. The molecule has 0 radical (unpaired) electrons. The molecule has 2 aliphatic carbocycles. The minimum Gasteiger partial charge on any atom is -0.383 e. The van der Waals surface area contributed by atoms with Gasteiger partial charge in [-0.3, -0.25) is 4.90 Å². The van der Waals surface area contributed by atoms with Crippen molar-refractivity contribution in [1.29, 1.82) is 0 Å². The van der Waals surface area contributed by atoms with Crippen LogP contribution in [0.4, 0.5) is 0 Å². The van der Waals surface area contributed by atoms with Crippen molar-refractivity contribution in [3.63, 3.8) is 0 Å². The fourth-order valence-corrected chi connectivity index (χ4v) is 2.46. The van der Waals surface area contributed by atoms with Gasteiger partial charge in [-0.15, -0.1) is 0 Å². The predicted octanol–water partition coefficient (Wildman–Crippen LogP) is 1.87. The summed E-state index contributed by atoms with van der Waals surface area (Å²) in [6, 6.07) is 2.34. The van der Waals surface area contributed by atoms with Crippen molar-refractivity contribution in [1.82, 2.24) is 10.2 Å². The van der Waals surface area contributed by atoms with Gasteiger partial charge in [0, 0.05) is 31.8 Å². The first kappa shape index (κ1) is 13.3. The SMILES string of the molecule is COCCN(C1CC1)C(C)C(C)CNC1CC1. The molecule has 0 aromatic rings. The lowest BCUT2D eigenvalue weighted by Gasteiger charge is -2.33. The van der Waals surface area contributed by atoms with Gasteiger partial charge >= 0.3 is 0 Å². The molecule has 2 fully saturated rings. The zero-order chi connectivity index (χ0) is 12.3. The molecular formula is C14H28N2O. The Morgan fingerprint density at radius 2 is 1.94 bits per heavy atom. The van der Waals surface area contributed by atoms with Gasteiger partial charge in [-0.05, 0) is 45.1 Å². The third kappa shape index (κ3) is 4.23. The highest BCUT2D eigenvalue weighted by Crippen LogP contribution is 2.30. The van der Waals surface area contributed by atoms with Crippen LogP contribution in [0.1, 0.15) is 39.5 Å². The second-order valence-corrected chi connectivity index (χ2v) is 5.86. The van der Waals surface area contributed by atoms with Gasteiger partial charge in [-0.25, -0.2) is 0 Å². The smallest absolute Gasteiger partial charge is 0.0589 e. The Balaban J connectivity index is 1.74. The first-order chi connectivity index (χ1) is 8.22. The van der Waals surface area contributed by atoms with Crippen molar-refractivity contribution in [3.8, 4) is 0 Å².